The number of nitrogens with one attached hydrogen (secondary N) is 1. The Morgan fingerprint density at radius 3 is 2.35 bits per heavy atom. The van der Waals surface area contributed by atoms with Crippen LogP contribution in [0.4, 0.5) is 0 Å². The molecule has 3 rings (SSSR count). The lowest BCUT2D eigenvalue weighted by atomic mass is 10.2. The van der Waals surface area contributed by atoms with Crippen molar-refractivity contribution in [3.05, 3.63) is 72.4 Å². The molecule has 0 atom stereocenters. The van der Waals surface area contributed by atoms with Gasteiger partial charge in [-0.2, -0.15) is 5.10 Å². The lowest BCUT2D eigenvalue weighted by molar-refractivity contribution is 0.204. The highest BCUT2D eigenvalue weighted by atomic mass is 32.2. The standard InChI is InChI=1S/C19H21N3O3S/c1-25-13-12-20-26(23,24)18-15-22(14-16-8-4-2-5-9-16)21-19(18)17-10-6-3-7-11-17/h2-11,15,20H,12-14H2,1H3. The fourth-order valence-electron chi connectivity index (χ4n) is 2.60. The molecule has 0 aliphatic heterocycles. The summed E-state index contributed by atoms with van der Waals surface area (Å²) in [5.74, 6) is 0. The van der Waals surface area contributed by atoms with Crippen molar-refractivity contribution in [1.82, 2.24) is 14.5 Å². The summed E-state index contributed by atoms with van der Waals surface area (Å²) in [6, 6.07) is 19.1. The summed E-state index contributed by atoms with van der Waals surface area (Å²) in [6.07, 6.45) is 1.57. The molecule has 0 amide bonds. The van der Waals surface area contributed by atoms with Crippen LogP contribution in [0.25, 0.3) is 11.3 Å². The Kier molecular flexibility index (Phi) is 5.82. The molecule has 0 fully saturated rings. The first-order chi connectivity index (χ1) is 12.6. The molecule has 1 heterocycles. The Bertz CT molecular complexity index is 939. The summed E-state index contributed by atoms with van der Waals surface area (Å²) in [5.41, 5.74) is 2.24. The van der Waals surface area contributed by atoms with Gasteiger partial charge >= 0.3 is 0 Å². The van der Waals surface area contributed by atoms with Gasteiger partial charge < -0.3 is 4.74 Å². The quantitative estimate of drug-likeness (QED) is 0.618. The molecular weight excluding hydrogens is 350 g/mol. The maximum Gasteiger partial charge on any atom is 0.244 e. The summed E-state index contributed by atoms with van der Waals surface area (Å²) >= 11 is 0. The third-order valence-corrected chi connectivity index (χ3v) is 5.31. The van der Waals surface area contributed by atoms with Crippen LogP contribution in [-0.4, -0.2) is 38.5 Å². The summed E-state index contributed by atoms with van der Waals surface area (Å²) < 4.78 is 34.6. The lowest BCUT2D eigenvalue weighted by Crippen LogP contribution is -2.27. The third kappa shape index (κ3) is 4.37. The highest BCUT2D eigenvalue weighted by Gasteiger charge is 2.23. The molecule has 7 heteroatoms. The van der Waals surface area contributed by atoms with Gasteiger partial charge in [-0.25, -0.2) is 13.1 Å². The molecule has 6 nitrogen and oxygen atoms in total. The average Bonchev–Trinajstić information content (AvgIpc) is 3.08. The first-order valence-corrected chi connectivity index (χ1v) is 9.74. The van der Waals surface area contributed by atoms with Gasteiger partial charge in [-0.15, -0.1) is 0 Å². The van der Waals surface area contributed by atoms with E-state index in [1.807, 2.05) is 60.7 Å². The molecule has 0 bridgehead atoms. The summed E-state index contributed by atoms with van der Waals surface area (Å²) in [7, 11) is -2.17. The summed E-state index contributed by atoms with van der Waals surface area (Å²) in [6.45, 7) is 1.00. The number of hydrogen-bond donors (Lipinski definition) is 1. The Morgan fingerprint density at radius 1 is 1.04 bits per heavy atom. The second-order valence-corrected chi connectivity index (χ2v) is 7.52. The molecule has 1 aromatic heterocycles. The van der Waals surface area contributed by atoms with Gasteiger partial charge in [-0.05, 0) is 5.56 Å². The normalized spacial score (nSPS) is 11.6. The molecule has 3 aromatic rings. The Balaban J connectivity index is 1.98. The predicted molar refractivity (Wildman–Crippen MR) is 100 cm³/mol. The van der Waals surface area contributed by atoms with Crippen LogP contribution in [0.2, 0.25) is 0 Å². The number of nitrogens with zero attached hydrogens (tertiary/aromatic N) is 2. The van der Waals surface area contributed by atoms with E-state index >= 15 is 0 Å². The topological polar surface area (TPSA) is 73.2 Å². The molecule has 0 saturated heterocycles. The number of aromatic nitrogens is 2. The number of benzene rings is 2. The number of rotatable bonds is 8. The van der Waals surface area contributed by atoms with Crippen molar-refractivity contribution in [3.63, 3.8) is 0 Å². The molecule has 0 aliphatic rings. The molecule has 0 radical (unpaired) electrons. The van der Waals surface area contributed by atoms with E-state index in [0.717, 1.165) is 11.1 Å². The molecule has 1 N–H and O–H groups in total. The van der Waals surface area contributed by atoms with E-state index in [-0.39, 0.29) is 11.4 Å². The van der Waals surface area contributed by atoms with Gasteiger partial charge in [0.05, 0.1) is 13.2 Å². The monoisotopic (exact) mass is 371 g/mol. The van der Waals surface area contributed by atoms with Crippen molar-refractivity contribution < 1.29 is 13.2 Å². The van der Waals surface area contributed by atoms with Crippen LogP contribution in [0, 0.1) is 0 Å². The summed E-state index contributed by atoms with van der Waals surface area (Å²) in [4.78, 5) is 0.163. The van der Waals surface area contributed by atoms with Crippen molar-refractivity contribution in [1.29, 1.82) is 0 Å². The maximum atomic E-state index is 12.7. The van der Waals surface area contributed by atoms with Crippen molar-refractivity contribution in [3.8, 4) is 11.3 Å². The zero-order valence-electron chi connectivity index (χ0n) is 14.5. The van der Waals surface area contributed by atoms with Gasteiger partial charge in [0.15, 0.2) is 0 Å². The van der Waals surface area contributed by atoms with Crippen molar-refractivity contribution in [2.45, 2.75) is 11.4 Å². The van der Waals surface area contributed by atoms with Crippen molar-refractivity contribution in [2.24, 2.45) is 0 Å². The molecule has 26 heavy (non-hydrogen) atoms. The molecule has 2 aromatic carbocycles. The fourth-order valence-corrected chi connectivity index (χ4v) is 3.78. The molecular formula is C19H21N3O3S. The third-order valence-electron chi connectivity index (χ3n) is 3.85. The second kappa shape index (κ2) is 8.27. The van der Waals surface area contributed by atoms with Gasteiger partial charge in [0.25, 0.3) is 0 Å². The first kappa shape index (κ1) is 18.3. The Hall–Kier alpha value is -2.48. The van der Waals surface area contributed by atoms with E-state index < -0.39 is 10.0 Å². The number of hydrogen-bond acceptors (Lipinski definition) is 4. The smallest absolute Gasteiger partial charge is 0.244 e. The first-order valence-electron chi connectivity index (χ1n) is 8.25. The molecule has 0 aliphatic carbocycles. The fraction of sp³-hybridized carbons (Fsp3) is 0.211. The SMILES string of the molecule is COCCNS(=O)(=O)c1cn(Cc2ccccc2)nc1-c1ccccc1. The lowest BCUT2D eigenvalue weighted by Gasteiger charge is -2.06. The number of sulfonamides is 1. The average molecular weight is 371 g/mol. The largest absolute Gasteiger partial charge is 0.383 e. The summed E-state index contributed by atoms with van der Waals surface area (Å²) in [5, 5.41) is 4.54. The van der Waals surface area contributed by atoms with Crippen molar-refractivity contribution in [2.75, 3.05) is 20.3 Å². The Labute approximate surface area is 153 Å². The van der Waals surface area contributed by atoms with Gasteiger partial charge in [0.2, 0.25) is 10.0 Å². The molecule has 0 spiro atoms. The van der Waals surface area contributed by atoms with Crippen LogP contribution in [0.5, 0.6) is 0 Å². The van der Waals surface area contributed by atoms with E-state index in [1.165, 1.54) is 7.11 Å². The van der Waals surface area contributed by atoms with Gasteiger partial charge in [0.1, 0.15) is 10.6 Å². The zero-order valence-corrected chi connectivity index (χ0v) is 15.3. The predicted octanol–water partition coefficient (Wildman–Crippen LogP) is 2.52. The molecule has 136 valence electrons. The van der Waals surface area contributed by atoms with Crippen LogP contribution < -0.4 is 4.72 Å². The van der Waals surface area contributed by atoms with Gasteiger partial charge in [-0.1, -0.05) is 60.7 Å². The van der Waals surface area contributed by atoms with Crippen molar-refractivity contribution >= 4 is 10.0 Å². The Morgan fingerprint density at radius 2 is 1.69 bits per heavy atom. The minimum Gasteiger partial charge on any atom is -0.383 e. The van der Waals surface area contributed by atoms with Crippen LogP contribution in [0.3, 0.4) is 0 Å². The number of ether oxygens (including phenoxy) is 1. The van der Waals surface area contributed by atoms with Crippen LogP contribution in [0.15, 0.2) is 71.8 Å². The maximum absolute atomic E-state index is 12.7. The minimum atomic E-state index is -3.70. The highest BCUT2D eigenvalue weighted by molar-refractivity contribution is 7.89. The van der Waals surface area contributed by atoms with Crippen LogP contribution in [0.1, 0.15) is 5.56 Å². The van der Waals surface area contributed by atoms with E-state index in [2.05, 4.69) is 9.82 Å². The number of methoxy groups -OCH3 is 1. The van der Waals surface area contributed by atoms with E-state index in [9.17, 15) is 8.42 Å². The second-order valence-electron chi connectivity index (χ2n) is 5.78. The minimum absolute atomic E-state index is 0.163. The van der Waals surface area contributed by atoms with E-state index in [0.29, 0.717) is 18.8 Å². The molecule has 0 unspecified atom stereocenters. The zero-order chi connectivity index (χ0) is 18.4. The van der Waals surface area contributed by atoms with E-state index in [1.54, 1.807) is 10.9 Å². The highest BCUT2D eigenvalue weighted by Crippen LogP contribution is 2.26. The van der Waals surface area contributed by atoms with Crippen LogP contribution in [-0.2, 0) is 21.3 Å². The van der Waals surface area contributed by atoms with Gasteiger partial charge in [0, 0.05) is 25.4 Å². The van der Waals surface area contributed by atoms with Gasteiger partial charge in [-0.3, -0.25) is 4.68 Å². The van der Waals surface area contributed by atoms with E-state index in [4.69, 9.17) is 4.74 Å². The van der Waals surface area contributed by atoms with Crippen LogP contribution >= 0.6 is 0 Å². The molecule has 0 saturated carbocycles.